The lowest BCUT2D eigenvalue weighted by molar-refractivity contribution is 0.672. The van der Waals surface area contributed by atoms with E-state index in [1.165, 1.54) is 27.1 Å². The predicted octanol–water partition coefficient (Wildman–Crippen LogP) is 13.0. The van der Waals surface area contributed by atoms with Gasteiger partial charge in [-0.2, -0.15) is 0 Å². The summed E-state index contributed by atoms with van der Waals surface area (Å²) in [5.74, 6) is 1.87. The number of rotatable bonds is 5. The van der Waals surface area contributed by atoms with Crippen molar-refractivity contribution in [3.05, 3.63) is 182 Å². The Bertz CT molecular complexity index is 3190. The van der Waals surface area contributed by atoms with Gasteiger partial charge in [-0.3, -0.25) is 0 Å². The van der Waals surface area contributed by atoms with E-state index in [2.05, 4.69) is 109 Å². The van der Waals surface area contributed by atoms with Crippen molar-refractivity contribution in [1.29, 1.82) is 0 Å². The number of hydrogen-bond donors (Lipinski definition) is 0. The minimum atomic E-state index is 0.608. The first-order valence-corrected chi connectivity index (χ1v) is 18.4. The Morgan fingerprint density at radius 1 is 0.345 bits per heavy atom. The molecule has 0 saturated heterocycles. The van der Waals surface area contributed by atoms with Crippen LogP contribution in [0.25, 0.3) is 111 Å². The molecule has 0 aliphatic carbocycles. The van der Waals surface area contributed by atoms with Crippen molar-refractivity contribution in [2.75, 3.05) is 0 Å². The van der Waals surface area contributed by atoms with E-state index in [0.717, 1.165) is 66.4 Å². The van der Waals surface area contributed by atoms with Crippen LogP contribution in [0, 0.1) is 0 Å². The van der Waals surface area contributed by atoms with Crippen LogP contribution in [0.15, 0.2) is 186 Å². The van der Waals surface area contributed by atoms with Gasteiger partial charge in [-0.25, -0.2) is 19.9 Å². The van der Waals surface area contributed by atoms with Crippen molar-refractivity contribution in [3.63, 3.8) is 0 Å². The van der Waals surface area contributed by atoms with Gasteiger partial charge in [0.25, 0.3) is 0 Å². The molecule has 55 heavy (non-hydrogen) atoms. The monoisotopic (exact) mass is 702 g/mol. The Balaban J connectivity index is 1.08. The third kappa shape index (κ3) is 5.24. The molecule has 3 heterocycles. The van der Waals surface area contributed by atoms with Gasteiger partial charge in [-0.05, 0) is 56.9 Å². The Hall–Kier alpha value is -7.50. The summed E-state index contributed by atoms with van der Waals surface area (Å²) >= 11 is 0. The average Bonchev–Trinajstić information content (AvgIpc) is 3.66. The van der Waals surface area contributed by atoms with Gasteiger partial charge in [0, 0.05) is 33.0 Å². The van der Waals surface area contributed by atoms with Crippen LogP contribution in [0.4, 0.5) is 0 Å². The topological polar surface area (TPSA) is 64.7 Å². The van der Waals surface area contributed by atoms with E-state index in [1.807, 2.05) is 72.8 Å². The van der Waals surface area contributed by atoms with Crippen LogP contribution in [0.2, 0.25) is 0 Å². The normalized spacial score (nSPS) is 11.6. The highest BCUT2D eigenvalue weighted by atomic mass is 16.3. The predicted molar refractivity (Wildman–Crippen MR) is 225 cm³/mol. The molecule has 0 atom stereocenters. The van der Waals surface area contributed by atoms with Crippen LogP contribution in [0.1, 0.15) is 0 Å². The fourth-order valence-corrected chi connectivity index (χ4v) is 7.85. The van der Waals surface area contributed by atoms with Crippen molar-refractivity contribution in [2.45, 2.75) is 0 Å². The summed E-state index contributed by atoms with van der Waals surface area (Å²) in [5, 5.41) is 7.92. The highest BCUT2D eigenvalue weighted by molar-refractivity contribution is 6.20. The maximum Gasteiger partial charge on any atom is 0.164 e. The highest BCUT2D eigenvalue weighted by Crippen LogP contribution is 2.42. The summed E-state index contributed by atoms with van der Waals surface area (Å²) in [6, 6.07) is 62.8. The molecule has 256 valence electrons. The molecule has 3 aromatic heterocycles. The third-order valence-corrected chi connectivity index (χ3v) is 10.5. The molecule has 0 spiro atoms. The van der Waals surface area contributed by atoms with Gasteiger partial charge in [-0.15, -0.1) is 0 Å². The number of furan rings is 1. The smallest absolute Gasteiger partial charge is 0.164 e. The van der Waals surface area contributed by atoms with Crippen molar-refractivity contribution in [3.8, 4) is 56.5 Å². The third-order valence-electron chi connectivity index (χ3n) is 10.5. The van der Waals surface area contributed by atoms with Gasteiger partial charge in [0.2, 0.25) is 0 Å². The minimum absolute atomic E-state index is 0.608. The molecule has 0 aliphatic heterocycles. The number of benzene rings is 8. The molecular weight excluding hydrogens is 673 g/mol. The van der Waals surface area contributed by atoms with Crippen LogP contribution in [-0.2, 0) is 0 Å². The van der Waals surface area contributed by atoms with E-state index in [9.17, 15) is 0 Å². The first-order chi connectivity index (χ1) is 27.2. The Labute approximate surface area is 316 Å². The lowest BCUT2D eigenvalue weighted by Crippen LogP contribution is -2.00. The van der Waals surface area contributed by atoms with E-state index >= 15 is 0 Å². The number of aromatic nitrogens is 4. The van der Waals surface area contributed by atoms with Crippen LogP contribution < -0.4 is 0 Å². The molecule has 11 aromatic rings. The minimum Gasteiger partial charge on any atom is -0.455 e. The molecule has 0 bridgehead atoms. The molecule has 0 radical (unpaired) electrons. The van der Waals surface area contributed by atoms with Gasteiger partial charge >= 0.3 is 0 Å². The number of pyridine rings is 1. The molecule has 8 aromatic carbocycles. The summed E-state index contributed by atoms with van der Waals surface area (Å²) in [6.45, 7) is 0. The highest BCUT2D eigenvalue weighted by Gasteiger charge is 2.20. The molecule has 11 rings (SSSR count). The maximum atomic E-state index is 6.64. The van der Waals surface area contributed by atoms with Crippen molar-refractivity contribution in [2.24, 2.45) is 0 Å². The van der Waals surface area contributed by atoms with Crippen LogP contribution >= 0.6 is 0 Å². The summed E-state index contributed by atoms with van der Waals surface area (Å²) < 4.78 is 6.64. The van der Waals surface area contributed by atoms with Crippen molar-refractivity contribution >= 4 is 54.4 Å². The fourth-order valence-electron chi connectivity index (χ4n) is 7.85. The second-order valence-corrected chi connectivity index (χ2v) is 13.8. The fraction of sp³-hybridized carbons (Fsp3) is 0. The molecule has 5 nitrogen and oxygen atoms in total. The lowest BCUT2D eigenvalue weighted by atomic mass is 9.92. The van der Waals surface area contributed by atoms with E-state index < -0.39 is 0 Å². The summed E-state index contributed by atoms with van der Waals surface area (Å²) in [5.41, 5.74) is 9.43. The zero-order valence-corrected chi connectivity index (χ0v) is 29.5. The zero-order chi connectivity index (χ0) is 36.3. The Morgan fingerprint density at radius 2 is 0.873 bits per heavy atom. The van der Waals surface area contributed by atoms with Crippen LogP contribution in [0.3, 0.4) is 0 Å². The Kier molecular flexibility index (Phi) is 7.10. The first-order valence-electron chi connectivity index (χ1n) is 18.4. The van der Waals surface area contributed by atoms with Crippen molar-refractivity contribution < 1.29 is 4.42 Å². The molecule has 0 saturated carbocycles. The summed E-state index contributed by atoms with van der Waals surface area (Å²) in [6.07, 6.45) is 0. The molecule has 0 aliphatic rings. The standard InChI is InChI=1S/C50H30N4O/c1-3-13-32(14-4-1)48-52-49(33-15-5-2-6-16-33)54-50(53-48)34-25-23-31(24-26-34)46-45-41-21-11-12-22-44(41)55-47(45)40-28-27-36(30-43(40)51-46)42-29-35-17-7-8-18-37(35)38-19-9-10-20-39(38)42/h1-30H. The van der Waals surface area contributed by atoms with Crippen molar-refractivity contribution in [1.82, 2.24) is 19.9 Å². The maximum absolute atomic E-state index is 6.64. The van der Waals surface area contributed by atoms with Gasteiger partial charge in [-0.1, -0.05) is 158 Å². The van der Waals surface area contributed by atoms with Gasteiger partial charge in [0.1, 0.15) is 11.2 Å². The largest absolute Gasteiger partial charge is 0.455 e. The average molecular weight is 703 g/mol. The SMILES string of the molecule is c1ccc(-c2nc(-c3ccccc3)nc(-c3ccc(-c4nc5cc(-c6cc7ccccc7c7ccccc67)ccc5c5oc6ccccc6c45)cc3)n2)cc1. The molecular formula is C50H30N4O. The second-order valence-electron chi connectivity index (χ2n) is 13.8. The number of hydrogen-bond acceptors (Lipinski definition) is 5. The van der Waals surface area contributed by atoms with E-state index in [-0.39, 0.29) is 0 Å². The quantitative estimate of drug-likeness (QED) is 0.167. The van der Waals surface area contributed by atoms with E-state index in [4.69, 9.17) is 24.4 Å². The van der Waals surface area contributed by atoms with Crippen LogP contribution in [-0.4, -0.2) is 19.9 Å². The molecule has 5 heteroatoms. The van der Waals surface area contributed by atoms with Gasteiger partial charge in [0.15, 0.2) is 17.5 Å². The summed E-state index contributed by atoms with van der Waals surface area (Å²) in [4.78, 5) is 20.2. The second kappa shape index (κ2) is 12.6. The number of nitrogens with zero attached hydrogens (tertiary/aromatic N) is 4. The first kappa shape index (κ1) is 31.1. The van der Waals surface area contributed by atoms with Gasteiger partial charge in [0.05, 0.1) is 16.6 Å². The molecule has 0 unspecified atom stereocenters. The summed E-state index contributed by atoms with van der Waals surface area (Å²) in [7, 11) is 0. The van der Waals surface area contributed by atoms with Crippen LogP contribution in [0.5, 0.6) is 0 Å². The Morgan fingerprint density at radius 3 is 1.56 bits per heavy atom. The van der Waals surface area contributed by atoms with Gasteiger partial charge < -0.3 is 4.42 Å². The lowest BCUT2D eigenvalue weighted by Gasteiger charge is -2.13. The zero-order valence-electron chi connectivity index (χ0n) is 29.5. The number of fused-ring (bicyclic) bond motifs is 8. The number of para-hydroxylation sites is 1. The van der Waals surface area contributed by atoms with E-state index in [0.29, 0.717) is 17.5 Å². The molecule has 0 N–H and O–H groups in total. The van der Waals surface area contributed by atoms with E-state index in [1.54, 1.807) is 0 Å². The molecule has 0 amide bonds. The molecule has 0 fully saturated rings.